The Labute approximate surface area is 73.8 Å². The topological polar surface area (TPSA) is 46.2 Å². The Morgan fingerprint density at radius 3 is 1.92 bits per heavy atom. The molecule has 0 saturated carbocycles. The van der Waals surface area contributed by atoms with E-state index < -0.39 is 17.5 Å². The molecule has 0 amide bonds. The molecule has 5 heteroatoms. The highest BCUT2D eigenvalue weighted by Crippen LogP contribution is 2.34. The van der Waals surface area contributed by atoms with Crippen LogP contribution < -0.4 is 5.73 Å². The van der Waals surface area contributed by atoms with Crippen LogP contribution in [0.25, 0.3) is 0 Å². The van der Waals surface area contributed by atoms with E-state index in [4.69, 9.17) is 5.11 Å². The normalized spacial score (nSPS) is 10.2. The molecule has 3 N–H and O–H groups in total. The summed E-state index contributed by atoms with van der Waals surface area (Å²) in [5, 5.41) is 8.73. The maximum Gasteiger partial charge on any atom is 0.419 e. The number of hydrogen-bond acceptors (Lipinski definition) is 2. The van der Waals surface area contributed by atoms with E-state index in [0.29, 0.717) is 0 Å². The van der Waals surface area contributed by atoms with Crippen molar-refractivity contribution in [3.63, 3.8) is 0 Å². The monoisotopic (exact) mass is 193 g/mol. The van der Waals surface area contributed by atoms with Crippen LogP contribution in [-0.2, 0) is 6.18 Å². The fraction of sp³-hybridized carbons (Fsp3) is 0.250. The molecule has 0 heterocycles. The Kier molecular flexibility index (Phi) is 4.27. The lowest BCUT2D eigenvalue weighted by Crippen LogP contribution is -2.04. The van der Waals surface area contributed by atoms with E-state index in [0.717, 1.165) is 12.1 Å². The maximum atomic E-state index is 11.9. The van der Waals surface area contributed by atoms with Gasteiger partial charge in [-0.3, -0.25) is 0 Å². The minimum atomic E-state index is -4.47. The van der Waals surface area contributed by atoms with Gasteiger partial charge < -0.3 is 10.8 Å². The van der Waals surface area contributed by atoms with Gasteiger partial charge in [0.1, 0.15) is 5.75 Å². The van der Waals surface area contributed by atoms with Gasteiger partial charge >= 0.3 is 6.18 Å². The fourth-order valence-electron chi connectivity index (χ4n) is 0.713. The van der Waals surface area contributed by atoms with Crippen LogP contribution in [0, 0.1) is 0 Å². The molecule has 0 atom stereocenters. The zero-order valence-corrected chi connectivity index (χ0v) is 6.97. The van der Waals surface area contributed by atoms with Crippen LogP contribution in [0.1, 0.15) is 5.56 Å². The maximum absolute atomic E-state index is 11.9. The molecule has 13 heavy (non-hydrogen) atoms. The van der Waals surface area contributed by atoms with Crippen LogP contribution in [0.5, 0.6) is 5.75 Å². The van der Waals surface area contributed by atoms with E-state index >= 15 is 0 Å². The standard InChI is InChI=1S/C7H5F3O.CH5N/c8-7(9,10)5-3-1-2-4-6(5)11;1-2/h1-4,11H;2H2,1H3. The summed E-state index contributed by atoms with van der Waals surface area (Å²) >= 11 is 0. The number of phenols is 1. The first-order valence-corrected chi connectivity index (χ1v) is 3.45. The third-order valence-corrected chi connectivity index (χ3v) is 1.21. The predicted octanol–water partition coefficient (Wildman–Crippen LogP) is 1.99. The number of phenolic OH excluding ortho intramolecular Hbond substituents is 1. The Balaban J connectivity index is 0.000000671. The summed E-state index contributed by atoms with van der Waals surface area (Å²) in [6.07, 6.45) is -4.47. The van der Waals surface area contributed by atoms with Crippen molar-refractivity contribution in [2.45, 2.75) is 6.18 Å². The van der Waals surface area contributed by atoms with E-state index in [1.165, 1.54) is 19.2 Å². The number of rotatable bonds is 0. The van der Waals surface area contributed by atoms with Crippen molar-refractivity contribution < 1.29 is 18.3 Å². The van der Waals surface area contributed by atoms with Gasteiger partial charge in [0.15, 0.2) is 0 Å². The molecule has 0 aliphatic carbocycles. The van der Waals surface area contributed by atoms with Crippen LogP contribution in [0.15, 0.2) is 24.3 Å². The molecule has 0 unspecified atom stereocenters. The van der Waals surface area contributed by atoms with Crippen LogP contribution in [0.3, 0.4) is 0 Å². The van der Waals surface area contributed by atoms with Crippen molar-refractivity contribution in [1.29, 1.82) is 0 Å². The summed E-state index contributed by atoms with van der Waals surface area (Å²) in [4.78, 5) is 0. The third-order valence-electron chi connectivity index (χ3n) is 1.21. The fourth-order valence-corrected chi connectivity index (χ4v) is 0.713. The molecule has 0 aliphatic heterocycles. The largest absolute Gasteiger partial charge is 0.507 e. The second-order valence-electron chi connectivity index (χ2n) is 2.01. The number of hydrogen-bond donors (Lipinski definition) is 2. The van der Waals surface area contributed by atoms with E-state index in [-0.39, 0.29) is 0 Å². The first-order chi connectivity index (χ1) is 6.02. The zero-order valence-electron chi connectivity index (χ0n) is 6.97. The van der Waals surface area contributed by atoms with Crippen LogP contribution in [0.2, 0.25) is 0 Å². The minimum Gasteiger partial charge on any atom is -0.507 e. The Morgan fingerprint density at radius 1 is 1.15 bits per heavy atom. The van der Waals surface area contributed by atoms with Gasteiger partial charge in [-0.05, 0) is 19.2 Å². The molecule has 0 spiro atoms. The number of halogens is 3. The van der Waals surface area contributed by atoms with Gasteiger partial charge in [0, 0.05) is 0 Å². The molecule has 0 fully saturated rings. The highest BCUT2D eigenvalue weighted by atomic mass is 19.4. The van der Waals surface area contributed by atoms with Crippen molar-refractivity contribution >= 4 is 0 Å². The Hall–Kier alpha value is -1.23. The van der Waals surface area contributed by atoms with Gasteiger partial charge in [-0.2, -0.15) is 13.2 Å². The lowest BCUT2D eigenvalue weighted by Gasteiger charge is -2.06. The van der Waals surface area contributed by atoms with Gasteiger partial charge in [-0.25, -0.2) is 0 Å². The SMILES string of the molecule is CN.Oc1ccccc1C(F)(F)F. The molecule has 1 rings (SSSR count). The van der Waals surface area contributed by atoms with Crippen LogP contribution in [-0.4, -0.2) is 12.2 Å². The average molecular weight is 193 g/mol. The second kappa shape index (κ2) is 4.71. The van der Waals surface area contributed by atoms with E-state index in [2.05, 4.69) is 5.73 Å². The Bertz CT molecular complexity index is 260. The summed E-state index contributed by atoms with van der Waals surface area (Å²) in [7, 11) is 1.50. The van der Waals surface area contributed by atoms with E-state index in [1.807, 2.05) is 0 Å². The van der Waals surface area contributed by atoms with Crippen molar-refractivity contribution in [2.24, 2.45) is 5.73 Å². The van der Waals surface area contributed by atoms with E-state index in [9.17, 15) is 13.2 Å². The smallest absolute Gasteiger partial charge is 0.419 e. The lowest BCUT2D eigenvalue weighted by atomic mass is 10.2. The molecule has 0 radical (unpaired) electrons. The summed E-state index contributed by atoms with van der Waals surface area (Å²) in [6.45, 7) is 0. The molecular formula is C8H10F3NO. The van der Waals surface area contributed by atoms with Gasteiger partial charge in [-0.15, -0.1) is 0 Å². The van der Waals surface area contributed by atoms with Crippen molar-refractivity contribution in [2.75, 3.05) is 7.05 Å². The lowest BCUT2D eigenvalue weighted by molar-refractivity contribution is -0.138. The van der Waals surface area contributed by atoms with Gasteiger partial charge in [0.2, 0.25) is 0 Å². The molecular weight excluding hydrogens is 183 g/mol. The first-order valence-electron chi connectivity index (χ1n) is 3.45. The van der Waals surface area contributed by atoms with Gasteiger partial charge in [-0.1, -0.05) is 12.1 Å². The third kappa shape index (κ3) is 3.33. The summed E-state index contributed by atoms with van der Waals surface area (Å²) in [5.74, 6) is -0.736. The second-order valence-corrected chi connectivity index (χ2v) is 2.01. The van der Waals surface area contributed by atoms with Gasteiger partial charge in [0.05, 0.1) is 5.56 Å². The van der Waals surface area contributed by atoms with Crippen LogP contribution in [0.4, 0.5) is 13.2 Å². The molecule has 74 valence electrons. The molecule has 0 aliphatic rings. The van der Waals surface area contributed by atoms with Gasteiger partial charge in [0.25, 0.3) is 0 Å². The molecule has 2 nitrogen and oxygen atoms in total. The highest BCUT2D eigenvalue weighted by Gasteiger charge is 2.33. The highest BCUT2D eigenvalue weighted by molar-refractivity contribution is 5.33. The first kappa shape index (κ1) is 11.8. The van der Waals surface area contributed by atoms with Crippen LogP contribution >= 0.6 is 0 Å². The van der Waals surface area contributed by atoms with Crippen molar-refractivity contribution in [3.8, 4) is 5.75 Å². The van der Waals surface area contributed by atoms with Crippen molar-refractivity contribution in [3.05, 3.63) is 29.8 Å². The molecule has 1 aromatic rings. The summed E-state index contributed by atoms with van der Waals surface area (Å²) < 4.78 is 35.7. The summed E-state index contributed by atoms with van der Waals surface area (Å²) in [5.41, 5.74) is 3.50. The number of nitrogens with two attached hydrogens (primary N) is 1. The van der Waals surface area contributed by atoms with Crippen molar-refractivity contribution in [1.82, 2.24) is 0 Å². The molecule has 1 aromatic carbocycles. The Morgan fingerprint density at radius 2 is 1.62 bits per heavy atom. The summed E-state index contributed by atoms with van der Waals surface area (Å²) in [6, 6.07) is 4.39. The zero-order chi connectivity index (χ0) is 10.5. The van der Waals surface area contributed by atoms with E-state index in [1.54, 1.807) is 0 Å². The number of benzene rings is 1. The number of para-hydroxylation sites is 1. The average Bonchev–Trinajstić information content (AvgIpc) is 2.07. The number of alkyl halides is 3. The predicted molar refractivity (Wildman–Crippen MR) is 43.2 cm³/mol. The molecule has 0 aromatic heterocycles. The number of aromatic hydroxyl groups is 1. The molecule has 0 saturated heterocycles. The quantitative estimate of drug-likeness (QED) is 0.661. The minimum absolute atomic E-state index is 0.736. The molecule has 0 bridgehead atoms.